The first-order valence-electron chi connectivity index (χ1n) is 15.6. The molecule has 2 aliphatic heterocycles. The van der Waals surface area contributed by atoms with Gasteiger partial charge in [0.2, 0.25) is 0 Å². The third-order valence-electron chi connectivity index (χ3n) is 8.86. The Labute approximate surface area is 276 Å². The molecule has 2 fully saturated rings. The van der Waals surface area contributed by atoms with E-state index < -0.39 is 28.9 Å². The molecular weight excluding hydrogens is 625 g/mol. The third kappa shape index (κ3) is 6.93. The summed E-state index contributed by atoms with van der Waals surface area (Å²) in [4.78, 5) is 26.5. The lowest BCUT2D eigenvalue weighted by Crippen LogP contribution is -2.59. The molecule has 48 heavy (non-hydrogen) atoms. The maximum Gasteiger partial charge on any atom is 0.284 e. The van der Waals surface area contributed by atoms with Gasteiger partial charge in [-0.3, -0.25) is 14.6 Å². The fourth-order valence-electron chi connectivity index (χ4n) is 6.02. The number of halogens is 3. The Balaban J connectivity index is 1.24. The number of fused-ring (bicyclic) bond motifs is 1. The molecule has 3 aromatic carbocycles. The van der Waals surface area contributed by atoms with Gasteiger partial charge in [0, 0.05) is 54.8 Å². The van der Waals surface area contributed by atoms with E-state index >= 15 is 4.39 Å². The van der Waals surface area contributed by atoms with Crippen molar-refractivity contribution in [2.24, 2.45) is 0 Å². The monoisotopic (exact) mass is 662 g/mol. The van der Waals surface area contributed by atoms with Crippen LogP contribution in [0.25, 0.3) is 22.0 Å². The molecule has 0 spiro atoms. The van der Waals surface area contributed by atoms with Crippen LogP contribution in [-0.2, 0) is 9.53 Å². The number of anilines is 3. The number of amides is 1. The summed E-state index contributed by atoms with van der Waals surface area (Å²) in [5.41, 5.74) is 1.11. The number of nitrogens with one attached hydrogen (secondary N) is 2. The lowest BCUT2D eigenvalue weighted by molar-refractivity contribution is -0.114. The van der Waals surface area contributed by atoms with Crippen molar-refractivity contribution in [1.29, 1.82) is 0 Å². The first-order valence-corrected chi connectivity index (χ1v) is 15.6. The smallest absolute Gasteiger partial charge is 0.284 e. The lowest BCUT2D eigenvalue weighted by Gasteiger charge is -2.46. The zero-order valence-electron chi connectivity index (χ0n) is 27.1. The highest BCUT2D eigenvalue weighted by Crippen LogP contribution is 2.37. The first kappa shape index (κ1) is 33.2. The van der Waals surface area contributed by atoms with Crippen LogP contribution in [0.3, 0.4) is 0 Å². The van der Waals surface area contributed by atoms with E-state index in [1.165, 1.54) is 38.8 Å². The van der Waals surface area contributed by atoms with Crippen molar-refractivity contribution in [1.82, 2.24) is 19.8 Å². The number of hydrogen-bond acceptors (Lipinski definition) is 9. The highest BCUT2D eigenvalue weighted by atomic mass is 19.1. The second kappa shape index (κ2) is 13.8. The molecule has 4 aromatic rings. The Morgan fingerprint density at radius 1 is 0.958 bits per heavy atom. The predicted molar refractivity (Wildman–Crippen MR) is 177 cm³/mol. The Bertz CT molecular complexity index is 1860. The fraction of sp³-hybridized carbons (Fsp3) is 0.343. The van der Waals surface area contributed by atoms with Gasteiger partial charge in [0.1, 0.15) is 35.3 Å². The number of benzene rings is 3. The summed E-state index contributed by atoms with van der Waals surface area (Å²) in [6, 6.07) is 12.0. The highest BCUT2D eigenvalue weighted by molar-refractivity contribution is 6.05. The summed E-state index contributed by atoms with van der Waals surface area (Å²) in [5, 5.41) is 6.33. The molecule has 3 heterocycles. The average Bonchev–Trinajstić information content (AvgIpc) is 3.04. The molecule has 0 aliphatic carbocycles. The van der Waals surface area contributed by atoms with Gasteiger partial charge in [0.15, 0.2) is 5.83 Å². The van der Waals surface area contributed by atoms with E-state index in [4.69, 9.17) is 14.2 Å². The molecule has 1 aromatic heterocycles. The number of rotatable bonds is 10. The molecule has 252 valence electrons. The van der Waals surface area contributed by atoms with Crippen LogP contribution < -0.4 is 20.1 Å². The topological polar surface area (TPSA) is 101 Å². The fourth-order valence-corrected chi connectivity index (χ4v) is 6.02. The van der Waals surface area contributed by atoms with E-state index in [0.29, 0.717) is 39.8 Å². The summed E-state index contributed by atoms with van der Waals surface area (Å²) in [6.45, 7) is 8.48. The Hall–Kier alpha value is -4.72. The molecule has 0 bridgehead atoms. The van der Waals surface area contributed by atoms with E-state index in [-0.39, 0.29) is 17.0 Å². The van der Waals surface area contributed by atoms with Crippen LogP contribution in [0, 0.1) is 11.6 Å². The number of ether oxygens (including phenoxy) is 3. The third-order valence-corrected chi connectivity index (χ3v) is 8.86. The molecule has 2 N–H and O–H groups in total. The molecule has 0 saturated carbocycles. The average molecular weight is 663 g/mol. The zero-order valence-corrected chi connectivity index (χ0v) is 27.1. The Kier molecular flexibility index (Phi) is 9.54. The summed E-state index contributed by atoms with van der Waals surface area (Å²) >= 11 is 0. The van der Waals surface area contributed by atoms with Gasteiger partial charge in [-0.1, -0.05) is 6.07 Å². The first-order chi connectivity index (χ1) is 23.1. The van der Waals surface area contributed by atoms with Crippen molar-refractivity contribution in [3.8, 4) is 22.6 Å². The minimum atomic E-state index is -0.923. The molecular formula is C35H37F3N6O4. The van der Waals surface area contributed by atoms with Crippen LogP contribution in [0.2, 0.25) is 0 Å². The largest absolute Gasteiger partial charge is 0.495 e. The van der Waals surface area contributed by atoms with Gasteiger partial charge in [-0.25, -0.2) is 23.1 Å². The van der Waals surface area contributed by atoms with Crippen molar-refractivity contribution >= 4 is 34.0 Å². The zero-order chi connectivity index (χ0) is 34.0. The van der Waals surface area contributed by atoms with Crippen molar-refractivity contribution in [2.75, 3.05) is 64.2 Å². The number of methoxy groups -OCH3 is 2. The van der Waals surface area contributed by atoms with Crippen LogP contribution in [0.5, 0.6) is 11.5 Å². The van der Waals surface area contributed by atoms with Crippen LogP contribution in [0.4, 0.5) is 30.4 Å². The minimum absolute atomic E-state index is 0.202. The Morgan fingerprint density at radius 2 is 1.71 bits per heavy atom. The maximum atomic E-state index is 15.5. The van der Waals surface area contributed by atoms with E-state index in [2.05, 4.69) is 30.4 Å². The van der Waals surface area contributed by atoms with Gasteiger partial charge in [0.25, 0.3) is 5.91 Å². The minimum Gasteiger partial charge on any atom is -0.495 e. The van der Waals surface area contributed by atoms with E-state index in [1.807, 2.05) is 13.8 Å². The molecule has 6 rings (SSSR count). The van der Waals surface area contributed by atoms with Crippen LogP contribution in [-0.4, -0.2) is 90.9 Å². The van der Waals surface area contributed by atoms with E-state index in [0.717, 1.165) is 45.5 Å². The Morgan fingerprint density at radius 3 is 2.38 bits per heavy atom. The van der Waals surface area contributed by atoms with Gasteiger partial charge in [-0.15, -0.1) is 0 Å². The van der Waals surface area contributed by atoms with Gasteiger partial charge >= 0.3 is 0 Å². The number of carbonyl (C=O) groups excluding carboxylic acids is 1. The lowest BCUT2D eigenvalue weighted by atomic mass is 9.99. The number of carbonyl (C=O) groups is 1. The second-order valence-electron chi connectivity index (χ2n) is 12.3. The summed E-state index contributed by atoms with van der Waals surface area (Å²) in [5.74, 6) is -2.20. The van der Waals surface area contributed by atoms with Crippen LogP contribution >= 0.6 is 0 Å². The summed E-state index contributed by atoms with van der Waals surface area (Å²) in [6.07, 6.45) is 2.69. The molecule has 1 amide bonds. The van der Waals surface area contributed by atoms with Crippen LogP contribution in [0.1, 0.15) is 13.8 Å². The summed E-state index contributed by atoms with van der Waals surface area (Å²) in [7, 11) is 2.93. The van der Waals surface area contributed by atoms with E-state index in [1.54, 1.807) is 30.3 Å². The van der Waals surface area contributed by atoms with E-state index in [9.17, 15) is 13.6 Å². The van der Waals surface area contributed by atoms with Crippen molar-refractivity contribution in [3.05, 3.63) is 78.4 Å². The molecule has 13 heteroatoms. The standard InChI is InChI=1S/C35H37F3N6O4/c1-35(2,44-11-9-43(10-12-44)23-18-48-19-23)17-27(38)34(45)42-30-15-25-28(16-32(30)47-4)39-20-40-33(25)41-29-13-21(5-8-31(29)46-3)24-7-6-22(36)14-26(24)37/h5-8,13-17,20,23H,9-12,18-19H2,1-4H3,(H,42,45)(H,39,40,41)/b27-17+. The summed E-state index contributed by atoms with van der Waals surface area (Å²) < 4.78 is 60.0. The van der Waals surface area contributed by atoms with Gasteiger partial charge in [0.05, 0.1) is 50.4 Å². The molecule has 2 saturated heterocycles. The SMILES string of the molecule is COc1cc2ncnc(Nc3cc(-c4ccc(F)cc4F)ccc3OC)c2cc1NC(=O)/C(F)=C\C(C)(C)N1CCN(C2COC2)CC1. The molecule has 0 radical (unpaired) electrons. The van der Waals surface area contributed by atoms with Crippen LogP contribution in [0.15, 0.2) is 66.8 Å². The van der Waals surface area contributed by atoms with Crippen molar-refractivity contribution in [2.45, 2.75) is 25.4 Å². The maximum absolute atomic E-state index is 15.5. The highest BCUT2D eigenvalue weighted by Gasteiger charge is 2.34. The van der Waals surface area contributed by atoms with Crippen molar-refractivity contribution in [3.63, 3.8) is 0 Å². The number of aromatic nitrogens is 2. The molecule has 0 atom stereocenters. The molecule has 0 unspecified atom stereocenters. The second-order valence-corrected chi connectivity index (χ2v) is 12.3. The van der Waals surface area contributed by atoms with Gasteiger partial charge < -0.3 is 24.8 Å². The number of hydrogen-bond donors (Lipinski definition) is 2. The molecule has 10 nitrogen and oxygen atoms in total. The number of nitrogens with zero attached hydrogens (tertiary/aromatic N) is 4. The predicted octanol–water partition coefficient (Wildman–Crippen LogP) is 5.92. The normalized spacial score (nSPS) is 16.4. The van der Waals surface area contributed by atoms with Gasteiger partial charge in [-0.05, 0) is 55.8 Å². The van der Waals surface area contributed by atoms with Crippen molar-refractivity contribution < 1.29 is 32.2 Å². The quantitative estimate of drug-likeness (QED) is 0.201. The number of piperazine rings is 1. The molecule has 2 aliphatic rings. The van der Waals surface area contributed by atoms with Gasteiger partial charge in [-0.2, -0.15) is 0 Å².